The number of fused-ring (bicyclic) bond motifs is 2. The normalized spacial score (nSPS) is 16.7. The summed E-state index contributed by atoms with van der Waals surface area (Å²) in [4.78, 5) is 22.5. The van der Waals surface area contributed by atoms with E-state index >= 15 is 0 Å². The Bertz CT molecular complexity index is 1450. The van der Waals surface area contributed by atoms with Crippen LogP contribution in [0, 0.1) is 6.92 Å². The molecule has 36 heavy (non-hydrogen) atoms. The predicted octanol–water partition coefficient (Wildman–Crippen LogP) is 4.46. The number of carbonyl (C=O) groups excluding carboxylic acids is 1. The van der Waals surface area contributed by atoms with Crippen molar-refractivity contribution in [1.82, 2.24) is 4.98 Å². The standard InChI is InChI=1S/C22H22F3N3O6S2/c1-14-7-8-17-16(11-14)18(28(35(2,30)31)34-21(29)22(23,24)25)12-20(26-17)27-9-10-36(32,33)19-6-4-3-5-15(19)13-27/h3-8,11-12,32-33H,9-10,13H2,1-2H3. The van der Waals surface area contributed by atoms with Gasteiger partial charge in [-0.2, -0.15) is 23.8 Å². The van der Waals surface area contributed by atoms with Crippen LogP contribution in [0.5, 0.6) is 0 Å². The molecule has 9 nitrogen and oxygen atoms in total. The van der Waals surface area contributed by atoms with Crippen LogP contribution in [0.4, 0.5) is 24.7 Å². The summed E-state index contributed by atoms with van der Waals surface area (Å²) in [5.74, 6) is -2.61. The Labute approximate surface area is 206 Å². The van der Waals surface area contributed by atoms with Crippen molar-refractivity contribution in [3.8, 4) is 0 Å². The summed E-state index contributed by atoms with van der Waals surface area (Å²) < 4.78 is 85.1. The Morgan fingerprint density at radius 2 is 1.86 bits per heavy atom. The van der Waals surface area contributed by atoms with E-state index in [1.807, 2.05) is 0 Å². The molecule has 1 aromatic heterocycles. The van der Waals surface area contributed by atoms with Gasteiger partial charge in [-0.3, -0.25) is 9.11 Å². The summed E-state index contributed by atoms with van der Waals surface area (Å²) in [5.41, 5.74) is 1.15. The van der Waals surface area contributed by atoms with Gasteiger partial charge in [-0.1, -0.05) is 34.3 Å². The Balaban J connectivity index is 1.89. The Morgan fingerprint density at radius 1 is 1.17 bits per heavy atom. The van der Waals surface area contributed by atoms with Crippen molar-refractivity contribution in [2.75, 3.05) is 27.9 Å². The largest absolute Gasteiger partial charge is 0.493 e. The first kappa shape index (κ1) is 26.0. The van der Waals surface area contributed by atoms with Crippen LogP contribution in [0.15, 0.2) is 53.4 Å². The number of hydrogen-bond donors (Lipinski definition) is 2. The molecular formula is C22H22F3N3O6S2. The average Bonchev–Trinajstić information content (AvgIpc) is 2.91. The number of alkyl halides is 3. The zero-order valence-electron chi connectivity index (χ0n) is 19.1. The molecule has 0 bridgehead atoms. The Hall–Kier alpha value is -3.07. The van der Waals surface area contributed by atoms with E-state index in [1.54, 1.807) is 48.2 Å². The van der Waals surface area contributed by atoms with Gasteiger partial charge in [-0.15, -0.1) is 0 Å². The highest BCUT2D eigenvalue weighted by molar-refractivity contribution is 8.24. The number of carbonyl (C=O) groups is 1. The molecule has 194 valence electrons. The summed E-state index contributed by atoms with van der Waals surface area (Å²) in [6, 6.07) is 12.7. The maximum Gasteiger partial charge on any atom is 0.493 e. The quantitative estimate of drug-likeness (QED) is 0.461. The summed E-state index contributed by atoms with van der Waals surface area (Å²) in [6.45, 7) is 1.96. The molecule has 0 atom stereocenters. The third-order valence-corrected chi connectivity index (χ3v) is 8.21. The zero-order valence-corrected chi connectivity index (χ0v) is 20.7. The molecule has 2 heterocycles. The van der Waals surface area contributed by atoms with E-state index < -0.39 is 32.8 Å². The van der Waals surface area contributed by atoms with Gasteiger partial charge in [-0.05, 0) is 30.7 Å². The minimum atomic E-state index is -5.44. The molecule has 1 aliphatic rings. The minimum absolute atomic E-state index is 0.0498. The second-order valence-electron chi connectivity index (χ2n) is 8.29. The van der Waals surface area contributed by atoms with Crippen LogP contribution in [-0.2, 0) is 26.2 Å². The number of anilines is 2. The first-order valence-electron chi connectivity index (χ1n) is 10.5. The number of benzene rings is 2. The average molecular weight is 546 g/mol. The lowest BCUT2D eigenvalue weighted by Gasteiger charge is -2.32. The maximum absolute atomic E-state index is 13.0. The van der Waals surface area contributed by atoms with E-state index in [-0.39, 0.29) is 45.7 Å². The van der Waals surface area contributed by atoms with Crippen LogP contribution in [-0.4, -0.2) is 53.2 Å². The number of nitrogens with zero attached hydrogens (tertiary/aromatic N) is 3. The highest BCUT2D eigenvalue weighted by Gasteiger charge is 2.44. The van der Waals surface area contributed by atoms with Crippen molar-refractivity contribution >= 4 is 49.0 Å². The van der Waals surface area contributed by atoms with E-state index in [0.29, 0.717) is 22.3 Å². The number of aryl methyl sites for hydroxylation is 1. The highest BCUT2D eigenvalue weighted by Crippen LogP contribution is 2.51. The molecule has 2 aromatic carbocycles. The van der Waals surface area contributed by atoms with E-state index in [4.69, 9.17) is 0 Å². The summed E-state index contributed by atoms with van der Waals surface area (Å²) in [5, 5.41) is 0.138. The lowest BCUT2D eigenvalue weighted by atomic mass is 10.1. The molecule has 0 radical (unpaired) electrons. The van der Waals surface area contributed by atoms with Crippen molar-refractivity contribution in [2.24, 2.45) is 0 Å². The predicted molar refractivity (Wildman–Crippen MR) is 129 cm³/mol. The third-order valence-electron chi connectivity index (χ3n) is 5.48. The molecular weight excluding hydrogens is 523 g/mol. The number of halogens is 3. The van der Waals surface area contributed by atoms with E-state index in [2.05, 4.69) is 9.82 Å². The van der Waals surface area contributed by atoms with Crippen molar-refractivity contribution in [3.63, 3.8) is 0 Å². The van der Waals surface area contributed by atoms with Gasteiger partial charge >= 0.3 is 12.1 Å². The molecule has 3 aromatic rings. The summed E-state index contributed by atoms with van der Waals surface area (Å²) in [6.07, 6.45) is -4.83. The number of aromatic nitrogens is 1. The minimum Gasteiger partial charge on any atom is -0.351 e. The van der Waals surface area contributed by atoms with Gasteiger partial charge in [0.1, 0.15) is 11.5 Å². The van der Waals surface area contributed by atoms with Gasteiger partial charge in [0.25, 0.3) is 10.0 Å². The third kappa shape index (κ3) is 5.21. The number of sulfonamides is 1. The fraction of sp³-hybridized carbons (Fsp3) is 0.273. The fourth-order valence-electron chi connectivity index (χ4n) is 3.82. The molecule has 4 rings (SSSR count). The van der Waals surface area contributed by atoms with Crippen LogP contribution in [0.1, 0.15) is 11.1 Å². The molecule has 0 amide bonds. The first-order valence-corrected chi connectivity index (χ1v) is 14.0. The van der Waals surface area contributed by atoms with E-state index in [1.165, 1.54) is 12.1 Å². The second kappa shape index (κ2) is 9.10. The molecule has 0 aliphatic carbocycles. The lowest BCUT2D eigenvalue weighted by molar-refractivity contribution is -0.199. The molecule has 1 aliphatic heterocycles. The topological polar surface area (TPSA) is 120 Å². The lowest BCUT2D eigenvalue weighted by Crippen LogP contribution is -2.38. The monoisotopic (exact) mass is 545 g/mol. The van der Waals surface area contributed by atoms with Gasteiger partial charge in [0.2, 0.25) is 0 Å². The fourth-order valence-corrected chi connectivity index (χ4v) is 6.08. The smallest absolute Gasteiger partial charge is 0.351 e. The highest BCUT2D eigenvalue weighted by atomic mass is 32.3. The van der Waals surface area contributed by atoms with Crippen LogP contribution in [0.3, 0.4) is 0 Å². The van der Waals surface area contributed by atoms with Crippen LogP contribution < -0.4 is 9.37 Å². The molecule has 2 N–H and O–H groups in total. The molecule has 0 fully saturated rings. The molecule has 14 heteroatoms. The number of pyridine rings is 1. The SMILES string of the molecule is Cc1ccc2nc(N3CCS(O)(O)c4ccccc4C3)cc(N(OC(=O)C(F)(F)F)S(C)(=O)=O)c2c1. The second-order valence-corrected chi connectivity index (χ2v) is 12.3. The van der Waals surface area contributed by atoms with Gasteiger partial charge < -0.3 is 9.74 Å². The van der Waals surface area contributed by atoms with Gasteiger partial charge in [-0.25, -0.2) is 18.2 Å². The van der Waals surface area contributed by atoms with Crippen molar-refractivity contribution in [3.05, 3.63) is 59.7 Å². The van der Waals surface area contributed by atoms with Gasteiger partial charge in [0.15, 0.2) is 0 Å². The molecule has 0 saturated heterocycles. The van der Waals surface area contributed by atoms with Crippen LogP contribution >= 0.6 is 10.6 Å². The van der Waals surface area contributed by atoms with Gasteiger partial charge in [0.05, 0.1) is 22.4 Å². The van der Waals surface area contributed by atoms with E-state index in [0.717, 1.165) is 0 Å². The van der Waals surface area contributed by atoms with Crippen LogP contribution in [0.2, 0.25) is 0 Å². The molecule has 0 spiro atoms. The maximum atomic E-state index is 13.0. The van der Waals surface area contributed by atoms with Gasteiger partial charge in [0, 0.05) is 24.5 Å². The van der Waals surface area contributed by atoms with Crippen molar-refractivity contribution in [2.45, 2.75) is 24.5 Å². The van der Waals surface area contributed by atoms with Crippen molar-refractivity contribution in [1.29, 1.82) is 0 Å². The number of rotatable bonds is 4. The summed E-state index contributed by atoms with van der Waals surface area (Å²) >= 11 is 0. The first-order chi connectivity index (χ1) is 16.7. The zero-order chi connectivity index (χ0) is 26.5. The Kier molecular flexibility index (Phi) is 6.58. The molecule has 0 unspecified atom stereocenters. The Morgan fingerprint density at radius 3 is 2.53 bits per heavy atom. The summed E-state index contributed by atoms with van der Waals surface area (Å²) in [7, 11) is -7.65. The van der Waals surface area contributed by atoms with E-state index in [9.17, 15) is 35.5 Å². The van der Waals surface area contributed by atoms with Crippen LogP contribution in [0.25, 0.3) is 10.9 Å². The molecule has 0 saturated carbocycles. The number of hydrogen-bond acceptors (Lipinski definition) is 8. The van der Waals surface area contributed by atoms with Crippen molar-refractivity contribution < 1.29 is 40.3 Å².